The highest BCUT2D eigenvalue weighted by Gasteiger charge is 2.71. The van der Waals surface area contributed by atoms with Crippen molar-refractivity contribution in [3.63, 3.8) is 0 Å². The number of aliphatic hydroxyl groups excluding tert-OH is 1. The van der Waals surface area contributed by atoms with Gasteiger partial charge < -0.3 is 14.6 Å². The van der Waals surface area contributed by atoms with Crippen LogP contribution in [0.3, 0.4) is 0 Å². The number of ether oxygens (including phenoxy) is 2. The Hall–Kier alpha value is -1.81. The second-order valence-corrected chi connectivity index (χ2v) is 18.6. The smallest absolute Gasteiger partial charge is 0.344 e. The standard InChI is InChI=1S/C42H64O4/c1-26(2)29-12-11-28(5)23-32(29)45-24-36(44)46-25-42-20-15-30(27(3)4)37(42)31-13-14-34-39(8)18-17-35(43)38(6,7)33(39)16-19-41(34,10)40(31,9)21-22-42/h11-12,23,26,30-31,33-35,37,43H,3,13-22,24-25H2,1-2,4-10H3/t30-,31?,33?,34?,35?,37?,39?,40+,41+,42?/m0/s1. The van der Waals surface area contributed by atoms with Gasteiger partial charge in [0.2, 0.25) is 0 Å². The first-order chi connectivity index (χ1) is 21.5. The number of fused-ring (bicyclic) bond motifs is 7. The summed E-state index contributed by atoms with van der Waals surface area (Å²) in [6.07, 6.45) is 11.6. The highest BCUT2D eigenvalue weighted by molar-refractivity contribution is 5.71. The van der Waals surface area contributed by atoms with Crippen LogP contribution >= 0.6 is 0 Å². The number of carbonyl (C=O) groups is 1. The third-order valence-corrected chi connectivity index (χ3v) is 15.9. The summed E-state index contributed by atoms with van der Waals surface area (Å²) in [7, 11) is 0. The SMILES string of the molecule is C=C(C)[C@@H]1CCC2(COC(=O)COc3cc(C)ccc3C(C)C)CC[C@]3(C)C(CCC4C5(C)CCC(O)C(C)(C)C5CC[C@]43C)C12. The topological polar surface area (TPSA) is 55.8 Å². The third-order valence-electron chi connectivity index (χ3n) is 15.9. The number of hydrogen-bond donors (Lipinski definition) is 1. The van der Waals surface area contributed by atoms with E-state index in [0.29, 0.717) is 42.1 Å². The fourth-order valence-electron chi connectivity index (χ4n) is 13.2. The van der Waals surface area contributed by atoms with Crippen LogP contribution in [0.2, 0.25) is 0 Å². The Labute approximate surface area is 280 Å². The summed E-state index contributed by atoms with van der Waals surface area (Å²) in [5.74, 6) is 3.76. The summed E-state index contributed by atoms with van der Waals surface area (Å²) in [6, 6.07) is 6.25. The summed E-state index contributed by atoms with van der Waals surface area (Å²) in [6.45, 7) is 26.3. The molecule has 5 aliphatic carbocycles. The molecular weight excluding hydrogens is 568 g/mol. The maximum absolute atomic E-state index is 13.3. The van der Waals surface area contributed by atoms with Crippen LogP contribution in [0.25, 0.3) is 0 Å². The van der Waals surface area contributed by atoms with Crippen LogP contribution in [0.1, 0.15) is 137 Å². The second kappa shape index (κ2) is 11.7. The molecule has 5 fully saturated rings. The van der Waals surface area contributed by atoms with Crippen LogP contribution in [-0.4, -0.2) is 30.4 Å². The van der Waals surface area contributed by atoms with E-state index in [4.69, 9.17) is 9.47 Å². The van der Waals surface area contributed by atoms with E-state index in [-0.39, 0.29) is 45.8 Å². The molecule has 256 valence electrons. The van der Waals surface area contributed by atoms with Gasteiger partial charge in [0.05, 0.1) is 12.7 Å². The number of allylic oxidation sites excluding steroid dienone is 1. The first-order valence-electron chi connectivity index (χ1n) is 18.7. The minimum absolute atomic E-state index is 0.0202. The highest BCUT2D eigenvalue weighted by Crippen LogP contribution is 2.77. The van der Waals surface area contributed by atoms with E-state index in [1.165, 1.54) is 37.7 Å². The first-order valence-corrected chi connectivity index (χ1v) is 18.7. The quantitative estimate of drug-likeness (QED) is 0.240. The molecule has 4 heteroatoms. The van der Waals surface area contributed by atoms with Crippen molar-refractivity contribution in [2.24, 2.45) is 56.7 Å². The zero-order chi connectivity index (χ0) is 33.4. The molecule has 1 aromatic carbocycles. The Bertz CT molecular complexity index is 1340. The lowest BCUT2D eigenvalue weighted by Crippen LogP contribution is -2.66. The summed E-state index contributed by atoms with van der Waals surface area (Å²) < 4.78 is 12.3. The molecule has 6 rings (SSSR count). The van der Waals surface area contributed by atoms with Crippen molar-refractivity contribution < 1.29 is 19.4 Å². The summed E-state index contributed by atoms with van der Waals surface area (Å²) in [5, 5.41) is 11.1. The van der Waals surface area contributed by atoms with Gasteiger partial charge >= 0.3 is 5.97 Å². The Morgan fingerprint density at radius 3 is 2.37 bits per heavy atom. The zero-order valence-corrected chi connectivity index (χ0v) is 30.6. The Morgan fingerprint density at radius 1 is 0.935 bits per heavy atom. The highest BCUT2D eigenvalue weighted by atomic mass is 16.6. The number of hydrogen-bond acceptors (Lipinski definition) is 4. The van der Waals surface area contributed by atoms with Crippen molar-refractivity contribution in [2.45, 2.75) is 139 Å². The van der Waals surface area contributed by atoms with Crippen LogP contribution in [0.5, 0.6) is 5.75 Å². The van der Waals surface area contributed by atoms with Gasteiger partial charge in [-0.25, -0.2) is 4.79 Å². The molecule has 5 saturated carbocycles. The molecule has 0 aromatic heterocycles. The summed E-state index contributed by atoms with van der Waals surface area (Å²) in [5.41, 5.74) is 4.39. The molecule has 0 amide bonds. The van der Waals surface area contributed by atoms with Gasteiger partial charge in [-0.1, -0.05) is 72.8 Å². The van der Waals surface area contributed by atoms with Gasteiger partial charge in [-0.2, -0.15) is 0 Å². The lowest BCUT2D eigenvalue weighted by molar-refractivity contribution is -0.250. The molecule has 10 atom stereocenters. The average molecular weight is 633 g/mol. The number of rotatable bonds is 7. The van der Waals surface area contributed by atoms with Crippen molar-refractivity contribution in [2.75, 3.05) is 13.2 Å². The third kappa shape index (κ3) is 5.04. The van der Waals surface area contributed by atoms with E-state index in [1.54, 1.807) is 0 Å². The number of aryl methyl sites for hydroxylation is 1. The van der Waals surface area contributed by atoms with E-state index in [9.17, 15) is 9.90 Å². The second-order valence-electron chi connectivity index (χ2n) is 18.6. The molecule has 0 bridgehead atoms. The summed E-state index contributed by atoms with van der Waals surface area (Å²) >= 11 is 0. The van der Waals surface area contributed by atoms with Crippen LogP contribution in [0.4, 0.5) is 0 Å². The number of esters is 1. The number of carbonyl (C=O) groups excluding carboxylic acids is 1. The van der Waals surface area contributed by atoms with Gasteiger partial charge in [0.1, 0.15) is 5.75 Å². The number of aliphatic hydroxyl groups is 1. The molecule has 0 saturated heterocycles. The maximum atomic E-state index is 13.3. The molecule has 0 heterocycles. The van der Waals surface area contributed by atoms with E-state index in [1.807, 2.05) is 6.07 Å². The Balaban J connectivity index is 1.23. The minimum Gasteiger partial charge on any atom is -0.482 e. The molecule has 7 unspecified atom stereocenters. The monoisotopic (exact) mass is 632 g/mol. The molecule has 46 heavy (non-hydrogen) atoms. The molecule has 0 radical (unpaired) electrons. The molecule has 5 aliphatic rings. The largest absolute Gasteiger partial charge is 0.482 e. The first kappa shape index (κ1) is 34.1. The van der Waals surface area contributed by atoms with Crippen molar-refractivity contribution in [1.82, 2.24) is 0 Å². The van der Waals surface area contributed by atoms with Crippen LogP contribution < -0.4 is 4.74 Å². The van der Waals surface area contributed by atoms with Crippen molar-refractivity contribution in [3.05, 3.63) is 41.5 Å². The molecule has 0 aliphatic heterocycles. The van der Waals surface area contributed by atoms with Gasteiger partial charge in [-0.15, -0.1) is 0 Å². The molecule has 1 aromatic rings. The minimum atomic E-state index is -0.250. The lowest BCUT2D eigenvalue weighted by Gasteiger charge is -2.73. The van der Waals surface area contributed by atoms with E-state index in [0.717, 1.165) is 49.0 Å². The van der Waals surface area contributed by atoms with Crippen LogP contribution in [0, 0.1) is 63.6 Å². The van der Waals surface area contributed by atoms with Gasteiger partial charge in [0.15, 0.2) is 6.61 Å². The zero-order valence-electron chi connectivity index (χ0n) is 30.6. The fourth-order valence-corrected chi connectivity index (χ4v) is 13.2. The molecular formula is C42H64O4. The van der Waals surface area contributed by atoms with E-state index >= 15 is 0 Å². The van der Waals surface area contributed by atoms with Crippen LogP contribution in [-0.2, 0) is 9.53 Å². The molecule has 0 spiro atoms. The van der Waals surface area contributed by atoms with Gasteiger partial charge in [0, 0.05) is 5.41 Å². The normalized spacial score (nSPS) is 42.8. The Morgan fingerprint density at radius 2 is 1.67 bits per heavy atom. The predicted octanol–water partition coefficient (Wildman–Crippen LogP) is 10.1. The van der Waals surface area contributed by atoms with Crippen LogP contribution in [0.15, 0.2) is 30.4 Å². The van der Waals surface area contributed by atoms with Crippen molar-refractivity contribution in [3.8, 4) is 5.75 Å². The summed E-state index contributed by atoms with van der Waals surface area (Å²) in [4.78, 5) is 13.3. The predicted molar refractivity (Wildman–Crippen MR) is 187 cm³/mol. The van der Waals surface area contributed by atoms with Crippen molar-refractivity contribution in [1.29, 1.82) is 0 Å². The van der Waals surface area contributed by atoms with E-state index < -0.39 is 0 Å². The average Bonchev–Trinajstić information content (AvgIpc) is 3.38. The van der Waals surface area contributed by atoms with Gasteiger partial charge in [-0.05, 0) is 152 Å². The maximum Gasteiger partial charge on any atom is 0.344 e. The molecule has 4 nitrogen and oxygen atoms in total. The van der Waals surface area contributed by atoms with E-state index in [2.05, 4.69) is 81.0 Å². The Kier molecular flexibility index (Phi) is 8.64. The van der Waals surface area contributed by atoms with Gasteiger partial charge in [0.25, 0.3) is 0 Å². The lowest BCUT2D eigenvalue weighted by atomic mass is 9.32. The molecule has 1 N–H and O–H groups in total. The fraction of sp³-hybridized carbons (Fsp3) is 0.786. The number of benzene rings is 1. The van der Waals surface area contributed by atoms with Gasteiger partial charge in [-0.3, -0.25) is 0 Å². The van der Waals surface area contributed by atoms with Crippen molar-refractivity contribution >= 4 is 5.97 Å².